The molecule has 0 aromatic carbocycles. The topological polar surface area (TPSA) is 77.6 Å². The molecule has 0 saturated carbocycles. The number of aromatic nitrogens is 1. The van der Waals surface area contributed by atoms with E-state index in [0.717, 1.165) is 0 Å². The van der Waals surface area contributed by atoms with Crippen molar-refractivity contribution >= 4 is 17.6 Å². The van der Waals surface area contributed by atoms with Crippen LogP contribution in [0.1, 0.15) is 24.3 Å². The minimum absolute atomic E-state index is 0.0680. The Balaban J connectivity index is 2.76. The summed E-state index contributed by atoms with van der Waals surface area (Å²) in [6.07, 6.45) is 1.70. The predicted octanol–water partition coefficient (Wildman–Crippen LogP) is 0.725. The molecule has 1 amide bonds. The van der Waals surface area contributed by atoms with Gasteiger partial charge in [0.1, 0.15) is 12.2 Å². The fourth-order valence-electron chi connectivity index (χ4n) is 1.64. The predicted molar refractivity (Wildman–Crippen MR) is 68.1 cm³/mol. The van der Waals surface area contributed by atoms with Crippen LogP contribution in [0.25, 0.3) is 0 Å². The third kappa shape index (κ3) is 3.26. The Morgan fingerprint density at radius 2 is 2.11 bits per heavy atom. The number of aryl methyl sites for hydroxylation is 1. The molecule has 0 aliphatic rings. The van der Waals surface area contributed by atoms with Crippen LogP contribution in [-0.4, -0.2) is 41.5 Å². The first-order chi connectivity index (χ1) is 8.49. The Labute approximate surface area is 106 Å². The van der Waals surface area contributed by atoms with Crippen LogP contribution in [-0.2, 0) is 16.1 Å². The molecule has 0 fully saturated rings. The summed E-state index contributed by atoms with van der Waals surface area (Å²) in [6.45, 7) is 4.52. The molecule has 1 aromatic heterocycles. The molecular formula is C12H19N3O3. The minimum atomic E-state index is -0.420. The van der Waals surface area contributed by atoms with Crippen LogP contribution in [0.15, 0.2) is 12.3 Å². The van der Waals surface area contributed by atoms with Crippen LogP contribution >= 0.6 is 0 Å². The van der Waals surface area contributed by atoms with Crippen LogP contribution in [0, 0.1) is 0 Å². The number of carbonyl (C=O) groups is 2. The van der Waals surface area contributed by atoms with E-state index in [1.807, 2.05) is 6.92 Å². The summed E-state index contributed by atoms with van der Waals surface area (Å²) in [5.74, 6) is -0.669. The molecular weight excluding hydrogens is 234 g/mol. The number of esters is 1. The molecule has 0 radical (unpaired) electrons. The Bertz CT molecular complexity index is 440. The summed E-state index contributed by atoms with van der Waals surface area (Å²) in [6, 6.07) is 1.60. The molecule has 1 aromatic rings. The SMILES string of the molecule is CCOC(=O)CN(C)C(=O)c1cc(N)cn1CC. The van der Waals surface area contributed by atoms with Crippen LogP contribution < -0.4 is 5.73 Å². The fraction of sp³-hybridized carbons (Fsp3) is 0.500. The summed E-state index contributed by atoms with van der Waals surface area (Å²) in [5.41, 5.74) is 6.66. The molecule has 0 spiro atoms. The van der Waals surface area contributed by atoms with E-state index in [4.69, 9.17) is 10.5 Å². The zero-order chi connectivity index (χ0) is 13.7. The number of likely N-dealkylation sites (N-methyl/N-ethyl adjacent to an activating group) is 1. The highest BCUT2D eigenvalue weighted by Crippen LogP contribution is 2.12. The zero-order valence-electron chi connectivity index (χ0n) is 11.0. The lowest BCUT2D eigenvalue weighted by molar-refractivity contribution is -0.143. The number of anilines is 1. The van der Waals surface area contributed by atoms with Crippen molar-refractivity contribution in [3.8, 4) is 0 Å². The van der Waals surface area contributed by atoms with Crippen LogP contribution in [0.3, 0.4) is 0 Å². The molecule has 2 N–H and O–H groups in total. The molecule has 0 atom stereocenters. The van der Waals surface area contributed by atoms with Crippen molar-refractivity contribution in [2.24, 2.45) is 0 Å². The van der Waals surface area contributed by atoms with E-state index in [9.17, 15) is 9.59 Å². The first-order valence-electron chi connectivity index (χ1n) is 5.86. The molecule has 0 unspecified atom stereocenters. The standard InChI is InChI=1S/C12H19N3O3/c1-4-15-7-9(13)6-10(15)12(17)14(3)8-11(16)18-5-2/h6-7H,4-5,8,13H2,1-3H3. The van der Waals surface area contributed by atoms with E-state index in [2.05, 4.69) is 0 Å². The normalized spacial score (nSPS) is 10.2. The van der Waals surface area contributed by atoms with Gasteiger partial charge in [0, 0.05) is 19.8 Å². The second-order valence-corrected chi connectivity index (χ2v) is 3.91. The van der Waals surface area contributed by atoms with Gasteiger partial charge in [-0.05, 0) is 19.9 Å². The Morgan fingerprint density at radius 1 is 1.44 bits per heavy atom. The lowest BCUT2D eigenvalue weighted by Crippen LogP contribution is -2.34. The van der Waals surface area contributed by atoms with Crippen molar-refractivity contribution in [2.75, 3.05) is 25.9 Å². The maximum atomic E-state index is 12.1. The third-order valence-corrected chi connectivity index (χ3v) is 2.50. The molecule has 0 bridgehead atoms. The van der Waals surface area contributed by atoms with Crippen molar-refractivity contribution in [1.29, 1.82) is 0 Å². The van der Waals surface area contributed by atoms with E-state index >= 15 is 0 Å². The number of rotatable bonds is 5. The molecule has 0 saturated heterocycles. The highest BCUT2D eigenvalue weighted by atomic mass is 16.5. The summed E-state index contributed by atoms with van der Waals surface area (Å²) >= 11 is 0. The maximum absolute atomic E-state index is 12.1. The number of nitrogens with zero attached hydrogens (tertiary/aromatic N) is 2. The molecule has 100 valence electrons. The van der Waals surface area contributed by atoms with Gasteiger partial charge in [0.15, 0.2) is 0 Å². The van der Waals surface area contributed by atoms with E-state index < -0.39 is 5.97 Å². The first-order valence-corrected chi connectivity index (χ1v) is 5.86. The van der Waals surface area contributed by atoms with Crippen molar-refractivity contribution in [1.82, 2.24) is 9.47 Å². The molecule has 6 heteroatoms. The van der Waals surface area contributed by atoms with Crippen LogP contribution in [0.4, 0.5) is 5.69 Å². The van der Waals surface area contributed by atoms with Gasteiger partial charge < -0.3 is 19.9 Å². The molecule has 18 heavy (non-hydrogen) atoms. The number of nitrogen functional groups attached to an aromatic ring is 1. The van der Waals surface area contributed by atoms with E-state index in [1.54, 1.807) is 30.8 Å². The smallest absolute Gasteiger partial charge is 0.325 e. The average Bonchev–Trinajstić information content (AvgIpc) is 2.69. The number of carbonyl (C=O) groups excluding carboxylic acids is 2. The van der Waals surface area contributed by atoms with Crippen molar-refractivity contribution < 1.29 is 14.3 Å². The second-order valence-electron chi connectivity index (χ2n) is 3.91. The lowest BCUT2D eigenvalue weighted by Gasteiger charge is -2.16. The van der Waals surface area contributed by atoms with Crippen molar-refractivity contribution in [3.05, 3.63) is 18.0 Å². The second kappa shape index (κ2) is 6.09. The highest BCUT2D eigenvalue weighted by Gasteiger charge is 2.19. The Morgan fingerprint density at radius 3 is 2.67 bits per heavy atom. The van der Waals surface area contributed by atoms with Gasteiger partial charge in [-0.2, -0.15) is 0 Å². The molecule has 1 rings (SSSR count). The van der Waals surface area contributed by atoms with Gasteiger partial charge in [-0.3, -0.25) is 9.59 Å². The summed E-state index contributed by atoms with van der Waals surface area (Å²) in [5, 5.41) is 0. The van der Waals surface area contributed by atoms with Gasteiger partial charge in [0.05, 0.1) is 12.3 Å². The summed E-state index contributed by atoms with van der Waals surface area (Å²) < 4.78 is 6.55. The van der Waals surface area contributed by atoms with Crippen LogP contribution in [0.5, 0.6) is 0 Å². The quantitative estimate of drug-likeness (QED) is 0.784. The molecule has 6 nitrogen and oxygen atoms in total. The van der Waals surface area contributed by atoms with Gasteiger partial charge >= 0.3 is 5.97 Å². The highest BCUT2D eigenvalue weighted by molar-refractivity contribution is 5.95. The van der Waals surface area contributed by atoms with E-state index in [0.29, 0.717) is 24.5 Å². The fourth-order valence-corrected chi connectivity index (χ4v) is 1.64. The Hall–Kier alpha value is -1.98. The molecule has 1 heterocycles. The van der Waals surface area contributed by atoms with Gasteiger partial charge in [-0.1, -0.05) is 0 Å². The monoisotopic (exact) mass is 253 g/mol. The third-order valence-electron chi connectivity index (χ3n) is 2.50. The average molecular weight is 253 g/mol. The van der Waals surface area contributed by atoms with Crippen molar-refractivity contribution in [3.63, 3.8) is 0 Å². The van der Waals surface area contributed by atoms with Gasteiger partial charge in [-0.15, -0.1) is 0 Å². The first kappa shape index (κ1) is 14.1. The van der Waals surface area contributed by atoms with Crippen molar-refractivity contribution in [2.45, 2.75) is 20.4 Å². The van der Waals surface area contributed by atoms with Crippen LogP contribution in [0.2, 0.25) is 0 Å². The molecule has 0 aliphatic carbocycles. The van der Waals surface area contributed by atoms with Gasteiger partial charge in [0.2, 0.25) is 0 Å². The molecule has 0 aliphatic heterocycles. The van der Waals surface area contributed by atoms with Gasteiger partial charge in [-0.25, -0.2) is 0 Å². The largest absolute Gasteiger partial charge is 0.465 e. The van der Waals surface area contributed by atoms with Gasteiger partial charge in [0.25, 0.3) is 5.91 Å². The summed E-state index contributed by atoms with van der Waals surface area (Å²) in [4.78, 5) is 24.7. The number of hydrogen-bond acceptors (Lipinski definition) is 4. The zero-order valence-corrected chi connectivity index (χ0v) is 11.0. The number of amides is 1. The van der Waals surface area contributed by atoms with E-state index in [1.165, 1.54) is 4.90 Å². The number of nitrogens with two attached hydrogens (primary N) is 1. The minimum Gasteiger partial charge on any atom is -0.465 e. The number of ether oxygens (including phenoxy) is 1. The van der Waals surface area contributed by atoms with E-state index in [-0.39, 0.29) is 12.5 Å². The Kier molecular flexibility index (Phi) is 4.76. The summed E-state index contributed by atoms with van der Waals surface area (Å²) in [7, 11) is 1.56. The maximum Gasteiger partial charge on any atom is 0.325 e. The lowest BCUT2D eigenvalue weighted by atomic mass is 10.3. The number of hydrogen-bond donors (Lipinski definition) is 1.